The zero-order valence-electron chi connectivity index (χ0n) is 12.8. The molecule has 1 fully saturated rings. The molecule has 1 aliphatic carbocycles. The Hall–Kier alpha value is -1.16. The van der Waals surface area contributed by atoms with Gasteiger partial charge < -0.3 is 5.32 Å². The van der Waals surface area contributed by atoms with Gasteiger partial charge in [-0.05, 0) is 25.5 Å². The lowest BCUT2D eigenvalue weighted by Crippen LogP contribution is -2.27. The quantitative estimate of drug-likeness (QED) is 0.833. The van der Waals surface area contributed by atoms with Gasteiger partial charge in [0, 0.05) is 18.7 Å². The summed E-state index contributed by atoms with van der Waals surface area (Å²) >= 11 is 0. The van der Waals surface area contributed by atoms with Crippen molar-refractivity contribution in [2.24, 2.45) is 5.92 Å². The van der Waals surface area contributed by atoms with Gasteiger partial charge in [-0.15, -0.1) is 0 Å². The fraction of sp³-hybridized carbons (Fsp3) is 0.750. The van der Waals surface area contributed by atoms with Crippen molar-refractivity contribution in [3.63, 3.8) is 0 Å². The minimum absolute atomic E-state index is 0.0646. The monoisotopic (exact) mass is 277 g/mol. The van der Waals surface area contributed by atoms with Gasteiger partial charge in [-0.3, -0.25) is 9.48 Å². The van der Waals surface area contributed by atoms with Gasteiger partial charge in [0.1, 0.15) is 5.78 Å². The molecule has 20 heavy (non-hydrogen) atoms. The van der Waals surface area contributed by atoms with Crippen molar-refractivity contribution in [1.29, 1.82) is 0 Å². The van der Waals surface area contributed by atoms with Crippen LogP contribution in [0.1, 0.15) is 57.7 Å². The Morgan fingerprint density at radius 3 is 2.90 bits per heavy atom. The summed E-state index contributed by atoms with van der Waals surface area (Å²) in [4.78, 5) is 12.1. The molecule has 0 saturated heterocycles. The zero-order chi connectivity index (χ0) is 14.4. The lowest BCUT2D eigenvalue weighted by molar-refractivity contribution is -0.121. The second kappa shape index (κ2) is 7.58. The number of hydrogen-bond donors (Lipinski definition) is 1. The molecule has 0 bridgehead atoms. The van der Waals surface area contributed by atoms with Crippen LogP contribution in [0, 0.1) is 5.92 Å². The summed E-state index contributed by atoms with van der Waals surface area (Å²) in [5, 5.41) is 7.84. The van der Waals surface area contributed by atoms with Crippen molar-refractivity contribution in [3.05, 3.63) is 18.0 Å². The van der Waals surface area contributed by atoms with Crippen LogP contribution in [0.25, 0.3) is 0 Å². The van der Waals surface area contributed by atoms with E-state index in [1.165, 1.54) is 32.1 Å². The summed E-state index contributed by atoms with van der Waals surface area (Å²) in [6.07, 6.45) is 8.93. The Balaban J connectivity index is 1.87. The van der Waals surface area contributed by atoms with E-state index in [-0.39, 0.29) is 11.7 Å². The first-order valence-corrected chi connectivity index (χ1v) is 7.98. The molecule has 112 valence electrons. The van der Waals surface area contributed by atoms with Crippen LogP contribution in [0.15, 0.2) is 12.3 Å². The molecule has 4 heteroatoms. The van der Waals surface area contributed by atoms with Gasteiger partial charge in [-0.25, -0.2) is 0 Å². The molecule has 2 rings (SSSR count). The highest BCUT2D eigenvalue weighted by Gasteiger charge is 2.18. The molecule has 1 aromatic rings. The molecule has 4 nitrogen and oxygen atoms in total. The topological polar surface area (TPSA) is 46.9 Å². The third-order valence-electron chi connectivity index (χ3n) is 4.22. The summed E-state index contributed by atoms with van der Waals surface area (Å²) in [5.74, 6) is 0.342. The standard InChI is InChI=1S/C16H27N3O/c1-3-17-12-13(2)16(20)11-14-9-10-19(18-14)15-7-5-4-6-8-15/h9-10,13,15,17H,3-8,11-12H2,1-2H3. The molecule has 1 N–H and O–H groups in total. The second-order valence-electron chi connectivity index (χ2n) is 5.93. The van der Waals surface area contributed by atoms with Crippen LogP contribution in [-0.4, -0.2) is 28.7 Å². The van der Waals surface area contributed by atoms with Gasteiger partial charge in [-0.1, -0.05) is 33.1 Å². The number of aromatic nitrogens is 2. The third-order valence-corrected chi connectivity index (χ3v) is 4.22. The Kier molecular flexibility index (Phi) is 5.77. The maximum absolute atomic E-state index is 12.1. The summed E-state index contributed by atoms with van der Waals surface area (Å²) in [5.41, 5.74) is 0.920. The minimum atomic E-state index is 0.0646. The van der Waals surface area contributed by atoms with Crippen LogP contribution in [-0.2, 0) is 11.2 Å². The average Bonchev–Trinajstić information content (AvgIpc) is 2.94. The lowest BCUT2D eigenvalue weighted by atomic mass is 9.96. The fourth-order valence-electron chi connectivity index (χ4n) is 2.85. The normalized spacial score (nSPS) is 18.1. The molecule has 1 aliphatic rings. The van der Waals surface area contributed by atoms with Crippen molar-refractivity contribution in [3.8, 4) is 0 Å². The fourth-order valence-corrected chi connectivity index (χ4v) is 2.85. The van der Waals surface area contributed by atoms with Crippen LogP contribution in [0.5, 0.6) is 0 Å². The van der Waals surface area contributed by atoms with Crippen molar-refractivity contribution in [1.82, 2.24) is 15.1 Å². The highest BCUT2D eigenvalue weighted by Crippen LogP contribution is 2.27. The molecular formula is C16H27N3O. The van der Waals surface area contributed by atoms with Crippen LogP contribution >= 0.6 is 0 Å². The van der Waals surface area contributed by atoms with E-state index in [4.69, 9.17) is 0 Å². The smallest absolute Gasteiger partial charge is 0.142 e. The average molecular weight is 277 g/mol. The van der Waals surface area contributed by atoms with Gasteiger partial charge in [0.15, 0.2) is 0 Å². The van der Waals surface area contributed by atoms with Crippen LogP contribution < -0.4 is 5.32 Å². The van der Waals surface area contributed by atoms with E-state index in [9.17, 15) is 4.79 Å². The van der Waals surface area contributed by atoms with Gasteiger partial charge in [0.2, 0.25) is 0 Å². The summed E-state index contributed by atoms with van der Waals surface area (Å²) < 4.78 is 2.08. The minimum Gasteiger partial charge on any atom is -0.316 e. The highest BCUT2D eigenvalue weighted by atomic mass is 16.1. The maximum atomic E-state index is 12.1. The number of rotatable bonds is 7. The van der Waals surface area contributed by atoms with E-state index in [2.05, 4.69) is 22.0 Å². The summed E-state index contributed by atoms with van der Waals surface area (Å²) in [6.45, 7) is 5.72. The number of ketones is 1. The molecule has 1 atom stereocenters. The van der Waals surface area contributed by atoms with Crippen molar-refractivity contribution >= 4 is 5.78 Å². The molecule has 0 aromatic carbocycles. The molecule has 0 aliphatic heterocycles. The van der Waals surface area contributed by atoms with Gasteiger partial charge in [-0.2, -0.15) is 5.10 Å². The first-order chi connectivity index (χ1) is 9.70. The van der Waals surface area contributed by atoms with E-state index < -0.39 is 0 Å². The Labute approximate surface area is 121 Å². The van der Waals surface area contributed by atoms with Crippen molar-refractivity contribution in [2.45, 2.75) is 58.4 Å². The van der Waals surface area contributed by atoms with Crippen molar-refractivity contribution < 1.29 is 4.79 Å². The lowest BCUT2D eigenvalue weighted by Gasteiger charge is -2.21. The van der Waals surface area contributed by atoms with Crippen LogP contribution in [0.4, 0.5) is 0 Å². The molecule has 1 saturated carbocycles. The molecule has 1 unspecified atom stereocenters. The summed E-state index contributed by atoms with van der Waals surface area (Å²) in [7, 11) is 0. The number of carbonyl (C=O) groups is 1. The molecule has 1 heterocycles. The van der Waals surface area contributed by atoms with Crippen LogP contribution in [0.2, 0.25) is 0 Å². The second-order valence-corrected chi connectivity index (χ2v) is 5.93. The molecular weight excluding hydrogens is 250 g/mol. The first kappa shape index (κ1) is 15.2. The number of nitrogens with zero attached hydrogens (tertiary/aromatic N) is 2. The molecule has 0 spiro atoms. The van der Waals surface area contributed by atoms with Gasteiger partial charge >= 0.3 is 0 Å². The third kappa shape index (κ3) is 4.17. The number of Topliss-reactive ketones (excluding diaryl/α,β-unsaturated/α-hetero) is 1. The number of nitrogens with one attached hydrogen (secondary N) is 1. The van der Waals surface area contributed by atoms with E-state index in [1.807, 2.05) is 19.2 Å². The molecule has 1 aromatic heterocycles. The number of carbonyl (C=O) groups excluding carboxylic acids is 1. The van der Waals surface area contributed by atoms with E-state index >= 15 is 0 Å². The largest absolute Gasteiger partial charge is 0.316 e. The van der Waals surface area contributed by atoms with Crippen LogP contribution in [0.3, 0.4) is 0 Å². The van der Waals surface area contributed by atoms with E-state index in [0.717, 1.165) is 18.8 Å². The first-order valence-electron chi connectivity index (χ1n) is 7.98. The Bertz CT molecular complexity index is 421. The van der Waals surface area contributed by atoms with Gasteiger partial charge in [0.25, 0.3) is 0 Å². The highest BCUT2D eigenvalue weighted by molar-refractivity contribution is 5.82. The maximum Gasteiger partial charge on any atom is 0.142 e. The van der Waals surface area contributed by atoms with E-state index in [1.54, 1.807) is 0 Å². The Morgan fingerprint density at radius 1 is 1.45 bits per heavy atom. The zero-order valence-corrected chi connectivity index (χ0v) is 12.8. The predicted octanol–water partition coefficient (Wildman–Crippen LogP) is 2.75. The van der Waals surface area contributed by atoms with Gasteiger partial charge in [0.05, 0.1) is 18.2 Å². The number of hydrogen-bond acceptors (Lipinski definition) is 3. The van der Waals surface area contributed by atoms with Crippen molar-refractivity contribution in [2.75, 3.05) is 13.1 Å². The Morgan fingerprint density at radius 2 is 2.20 bits per heavy atom. The summed E-state index contributed by atoms with van der Waals surface area (Å²) in [6, 6.07) is 2.55. The molecule has 0 amide bonds. The predicted molar refractivity (Wildman–Crippen MR) is 80.8 cm³/mol. The van der Waals surface area contributed by atoms with E-state index in [0.29, 0.717) is 12.5 Å². The molecule has 0 radical (unpaired) electrons. The SMILES string of the molecule is CCNCC(C)C(=O)Cc1ccn(C2CCCCC2)n1.